The van der Waals surface area contributed by atoms with Crippen molar-refractivity contribution in [2.75, 3.05) is 0 Å². The van der Waals surface area contributed by atoms with Gasteiger partial charge in [-0.2, -0.15) is 0 Å². The van der Waals surface area contributed by atoms with E-state index in [4.69, 9.17) is 0 Å². The van der Waals surface area contributed by atoms with Crippen LogP contribution in [0, 0.1) is 0 Å². The lowest BCUT2D eigenvalue weighted by Crippen LogP contribution is -2.41. The van der Waals surface area contributed by atoms with E-state index in [0.717, 1.165) is 15.7 Å². The Hall–Kier alpha value is -2.57. The molecule has 2 aromatic rings. The number of phenols is 1. The zero-order chi connectivity index (χ0) is 19.6. The van der Waals surface area contributed by atoms with Crippen molar-refractivity contribution in [2.45, 2.75) is 52.4 Å². The highest BCUT2D eigenvalue weighted by atomic mass is 16.3. The van der Waals surface area contributed by atoms with Crippen LogP contribution in [0.4, 0.5) is 0 Å². The lowest BCUT2D eigenvalue weighted by Gasteiger charge is -2.26. The van der Waals surface area contributed by atoms with Gasteiger partial charge in [0.05, 0.1) is 0 Å². The average molecular weight is 349 g/mol. The molecule has 7 heteroatoms. The lowest BCUT2D eigenvalue weighted by molar-refractivity contribution is 0.423. The molecule has 0 unspecified atom stereocenters. The molecule has 0 bridgehead atoms. The van der Waals surface area contributed by atoms with Gasteiger partial charge >= 0.3 is 17.1 Å². The van der Waals surface area contributed by atoms with Crippen molar-refractivity contribution in [1.82, 2.24) is 14.5 Å². The summed E-state index contributed by atoms with van der Waals surface area (Å²) >= 11 is 0. The molecule has 0 radical (unpaired) electrons. The first kappa shape index (κ1) is 20.5. The van der Waals surface area contributed by atoms with Gasteiger partial charge in [-0.1, -0.05) is 59.7 Å². The van der Waals surface area contributed by atoms with Gasteiger partial charge in [0.2, 0.25) is 0 Å². The number of nitrogens with one attached hydrogen (secondary N) is 2. The standard InChI is InChI=1S/C14H22O.C4H5N3O3/c1-13(2,3)10-8-7-9-11(12(10)15)14(4,5)6;1-7-3(9)5-2(8)6-4(7)10/h7-9,15H,1-6H3;1H3,(H2,5,6,8,9,10). The number of para-hydroxylation sites is 1. The molecule has 2 rings (SSSR count). The summed E-state index contributed by atoms with van der Waals surface area (Å²) in [7, 11) is 1.26. The van der Waals surface area contributed by atoms with E-state index in [-0.39, 0.29) is 10.8 Å². The van der Waals surface area contributed by atoms with Gasteiger partial charge in [-0.25, -0.2) is 19.0 Å². The van der Waals surface area contributed by atoms with Crippen LogP contribution in [0.25, 0.3) is 0 Å². The summed E-state index contributed by atoms with van der Waals surface area (Å²) in [4.78, 5) is 35.2. The maximum absolute atomic E-state index is 10.5. The van der Waals surface area contributed by atoms with E-state index in [1.807, 2.05) is 28.2 Å². The topological polar surface area (TPSA) is 108 Å². The summed E-state index contributed by atoms with van der Waals surface area (Å²) < 4.78 is 0.765. The number of aromatic hydroxyl groups is 1. The lowest BCUT2D eigenvalue weighted by atomic mass is 9.80. The Kier molecular flexibility index (Phi) is 5.84. The Balaban J connectivity index is 0.000000271. The number of phenolic OH excluding ortho intramolecular Hbond substituents is 1. The predicted molar refractivity (Wildman–Crippen MR) is 98.4 cm³/mol. The predicted octanol–water partition coefficient (Wildman–Crippen LogP) is 1.75. The number of benzene rings is 1. The molecule has 0 saturated heterocycles. The molecular formula is C18H27N3O4. The second-order valence-electron chi connectivity index (χ2n) is 7.95. The molecule has 0 aliphatic heterocycles. The van der Waals surface area contributed by atoms with Crippen molar-refractivity contribution in [3.8, 4) is 5.75 Å². The molecule has 1 aromatic carbocycles. The molecule has 0 saturated carbocycles. The van der Waals surface area contributed by atoms with E-state index in [2.05, 4.69) is 41.5 Å². The SMILES string of the molecule is CC(C)(C)c1cccc(C(C)(C)C)c1O.Cn1c(=O)[nH]c(=O)[nH]c1=O. The zero-order valence-electron chi connectivity index (χ0n) is 15.9. The van der Waals surface area contributed by atoms with Crippen LogP contribution < -0.4 is 17.1 Å². The highest BCUT2D eigenvalue weighted by Gasteiger charge is 2.24. The Morgan fingerprint density at radius 2 is 1.20 bits per heavy atom. The largest absolute Gasteiger partial charge is 0.507 e. The van der Waals surface area contributed by atoms with Gasteiger partial charge in [-0.15, -0.1) is 0 Å². The number of nitrogens with zero attached hydrogens (tertiary/aromatic N) is 1. The maximum atomic E-state index is 10.5. The minimum absolute atomic E-state index is 0.00859. The molecule has 0 atom stereocenters. The van der Waals surface area contributed by atoms with E-state index >= 15 is 0 Å². The number of aromatic amines is 2. The fourth-order valence-electron chi connectivity index (χ4n) is 2.24. The molecule has 138 valence electrons. The summed E-state index contributed by atoms with van der Waals surface area (Å²) in [5.74, 6) is 0.456. The van der Waals surface area contributed by atoms with Gasteiger partial charge in [0.1, 0.15) is 5.75 Å². The van der Waals surface area contributed by atoms with Gasteiger partial charge in [0, 0.05) is 7.05 Å². The molecule has 7 nitrogen and oxygen atoms in total. The molecule has 0 aliphatic rings. The van der Waals surface area contributed by atoms with E-state index in [1.54, 1.807) is 0 Å². The first-order chi connectivity index (χ1) is 11.2. The zero-order valence-corrected chi connectivity index (χ0v) is 15.9. The summed E-state index contributed by atoms with van der Waals surface area (Å²) in [6, 6.07) is 6.04. The third kappa shape index (κ3) is 5.20. The summed E-state index contributed by atoms with van der Waals surface area (Å²) in [5, 5.41) is 10.3. The van der Waals surface area contributed by atoms with Crippen LogP contribution in [0.5, 0.6) is 5.75 Å². The molecule has 0 spiro atoms. The molecular weight excluding hydrogens is 322 g/mol. The fourth-order valence-corrected chi connectivity index (χ4v) is 2.24. The van der Waals surface area contributed by atoms with E-state index in [0.29, 0.717) is 5.75 Å². The normalized spacial score (nSPS) is 11.6. The number of rotatable bonds is 0. The molecule has 0 amide bonds. The molecule has 0 aliphatic carbocycles. The molecule has 0 fully saturated rings. The van der Waals surface area contributed by atoms with Gasteiger partial charge in [0.25, 0.3) is 0 Å². The number of aromatic nitrogens is 3. The first-order valence-corrected chi connectivity index (χ1v) is 7.97. The Morgan fingerprint density at radius 1 is 0.840 bits per heavy atom. The highest BCUT2D eigenvalue weighted by molar-refractivity contribution is 5.46. The van der Waals surface area contributed by atoms with Gasteiger partial charge in [-0.05, 0) is 22.0 Å². The summed E-state index contributed by atoms with van der Waals surface area (Å²) in [6.07, 6.45) is 0. The Bertz CT molecular complexity index is 839. The van der Waals surface area contributed by atoms with Crippen LogP contribution in [-0.4, -0.2) is 19.6 Å². The highest BCUT2D eigenvalue weighted by Crippen LogP contribution is 2.38. The van der Waals surface area contributed by atoms with Crippen molar-refractivity contribution in [1.29, 1.82) is 0 Å². The maximum Gasteiger partial charge on any atom is 0.333 e. The van der Waals surface area contributed by atoms with Gasteiger partial charge < -0.3 is 5.11 Å². The quantitative estimate of drug-likeness (QED) is 0.673. The van der Waals surface area contributed by atoms with Gasteiger partial charge in [0.15, 0.2) is 0 Å². The second-order valence-corrected chi connectivity index (χ2v) is 7.95. The van der Waals surface area contributed by atoms with Crippen LogP contribution in [0.3, 0.4) is 0 Å². The summed E-state index contributed by atoms with van der Waals surface area (Å²) in [6.45, 7) is 12.7. The van der Waals surface area contributed by atoms with Crippen LogP contribution in [0.15, 0.2) is 32.6 Å². The van der Waals surface area contributed by atoms with Crippen molar-refractivity contribution < 1.29 is 5.11 Å². The van der Waals surface area contributed by atoms with Crippen LogP contribution in [0.1, 0.15) is 52.7 Å². The summed E-state index contributed by atoms with van der Waals surface area (Å²) in [5.41, 5.74) is -0.183. The fraction of sp³-hybridized carbons (Fsp3) is 0.500. The second kappa shape index (κ2) is 7.13. The molecule has 3 N–H and O–H groups in total. The minimum atomic E-state index is -0.784. The van der Waals surface area contributed by atoms with Crippen LogP contribution >= 0.6 is 0 Å². The molecule has 1 heterocycles. The number of hydrogen-bond acceptors (Lipinski definition) is 4. The smallest absolute Gasteiger partial charge is 0.333 e. The monoisotopic (exact) mass is 349 g/mol. The molecule has 25 heavy (non-hydrogen) atoms. The van der Waals surface area contributed by atoms with Crippen molar-refractivity contribution in [2.24, 2.45) is 7.05 Å². The molecule has 1 aromatic heterocycles. The first-order valence-electron chi connectivity index (χ1n) is 7.97. The van der Waals surface area contributed by atoms with Gasteiger partial charge in [-0.3, -0.25) is 9.97 Å². The minimum Gasteiger partial charge on any atom is -0.507 e. The number of H-pyrrole nitrogens is 2. The third-order valence-corrected chi connectivity index (χ3v) is 3.70. The third-order valence-electron chi connectivity index (χ3n) is 3.70. The van der Waals surface area contributed by atoms with E-state index < -0.39 is 17.1 Å². The Labute approximate surface area is 146 Å². The van der Waals surface area contributed by atoms with Crippen molar-refractivity contribution in [3.63, 3.8) is 0 Å². The Morgan fingerprint density at radius 3 is 1.52 bits per heavy atom. The van der Waals surface area contributed by atoms with Crippen LogP contribution in [0.2, 0.25) is 0 Å². The van der Waals surface area contributed by atoms with Crippen LogP contribution in [-0.2, 0) is 17.9 Å². The number of hydrogen-bond donors (Lipinski definition) is 3. The van der Waals surface area contributed by atoms with E-state index in [1.165, 1.54) is 7.05 Å². The average Bonchev–Trinajstić information content (AvgIpc) is 2.43. The van der Waals surface area contributed by atoms with Crippen molar-refractivity contribution in [3.05, 3.63) is 60.8 Å². The van der Waals surface area contributed by atoms with Crippen molar-refractivity contribution >= 4 is 0 Å². The van der Waals surface area contributed by atoms with E-state index in [9.17, 15) is 19.5 Å².